The molecular formula is C30H39BBrNO7. The Morgan fingerprint density at radius 2 is 1.93 bits per heavy atom. The van der Waals surface area contributed by atoms with Crippen molar-refractivity contribution < 1.29 is 34.3 Å². The summed E-state index contributed by atoms with van der Waals surface area (Å²) in [6.07, 6.45) is 7.46. The number of nitrogens with zero attached hydrogens (tertiary/aromatic N) is 1. The van der Waals surface area contributed by atoms with Crippen LogP contribution in [0.25, 0.3) is 6.08 Å². The van der Waals surface area contributed by atoms with E-state index in [1.54, 1.807) is 12.1 Å². The number of amides is 2. The predicted octanol–water partition coefficient (Wildman–Crippen LogP) is 5.58. The molecule has 40 heavy (non-hydrogen) atoms. The molecule has 1 aromatic rings. The third kappa shape index (κ3) is 6.89. The van der Waals surface area contributed by atoms with Gasteiger partial charge < -0.3 is 19.9 Å². The lowest BCUT2D eigenvalue weighted by atomic mass is 9.58. The van der Waals surface area contributed by atoms with Gasteiger partial charge in [0.1, 0.15) is 5.75 Å². The molecule has 0 radical (unpaired) electrons. The van der Waals surface area contributed by atoms with Crippen LogP contribution in [0.2, 0.25) is 6.32 Å². The highest BCUT2D eigenvalue weighted by Crippen LogP contribution is 2.50. The van der Waals surface area contributed by atoms with Crippen LogP contribution in [0, 0.1) is 17.8 Å². The van der Waals surface area contributed by atoms with Crippen molar-refractivity contribution in [2.45, 2.75) is 84.1 Å². The molecule has 0 unspecified atom stereocenters. The number of unbranched alkanes of at least 4 members (excludes halogenated alkanes) is 2. The molecule has 1 aromatic carbocycles. The van der Waals surface area contributed by atoms with Gasteiger partial charge in [-0.1, -0.05) is 52.9 Å². The minimum Gasteiger partial charge on any atom is -0.507 e. The van der Waals surface area contributed by atoms with Crippen LogP contribution in [0.15, 0.2) is 39.4 Å². The predicted molar refractivity (Wildman–Crippen MR) is 156 cm³/mol. The minimum atomic E-state index is -1.01. The van der Waals surface area contributed by atoms with Crippen LogP contribution in [0.1, 0.15) is 77.2 Å². The van der Waals surface area contributed by atoms with E-state index in [0.29, 0.717) is 51.4 Å². The second-order valence-corrected chi connectivity index (χ2v) is 12.2. The number of allylic oxidation sites excluding steroid dienone is 2. The van der Waals surface area contributed by atoms with Gasteiger partial charge in [-0.25, -0.2) is 0 Å². The molecule has 0 spiro atoms. The zero-order valence-corrected chi connectivity index (χ0v) is 24.9. The molecule has 3 N–H and O–H groups in total. The number of hydrogen-bond acceptors (Lipinski definition) is 6. The number of halogens is 1. The van der Waals surface area contributed by atoms with Crippen molar-refractivity contribution in [1.82, 2.24) is 4.90 Å². The lowest BCUT2D eigenvalue weighted by molar-refractivity contribution is -0.141. The smallest absolute Gasteiger partial charge is 0.455 e. The van der Waals surface area contributed by atoms with E-state index in [1.165, 1.54) is 10.5 Å². The Bertz CT molecular complexity index is 1200. The third-order valence-corrected chi connectivity index (χ3v) is 8.96. The van der Waals surface area contributed by atoms with Gasteiger partial charge in [-0.3, -0.25) is 19.3 Å². The van der Waals surface area contributed by atoms with E-state index >= 15 is 0 Å². The van der Waals surface area contributed by atoms with Gasteiger partial charge >= 0.3 is 13.1 Å². The van der Waals surface area contributed by atoms with Crippen LogP contribution >= 0.6 is 15.9 Å². The van der Waals surface area contributed by atoms with Crippen LogP contribution in [-0.4, -0.2) is 57.7 Å². The number of imide groups is 1. The summed E-state index contributed by atoms with van der Waals surface area (Å²) in [7, 11) is -1.01. The summed E-state index contributed by atoms with van der Waals surface area (Å²) in [5.41, 5.74) is 4.04. The van der Waals surface area contributed by atoms with Gasteiger partial charge in [0.2, 0.25) is 11.8 Å². The molecule has 1 aliphatic carbocycles. The highest BCUT2D eigenvalue weighted by atomic mass is 79.9. The number of carboxylic acids is 1. The maximum Gasteiger partial charge on any atom is 0.455 e. The molecule has 2 heterocycles. The highest BCUT2D eigenvalue weighted by Gasteiger charge is 2.56. The van der Waals surface area contributed by atoms with Crippen molar-refractivity contribution in [3.8, 4) is 5.75 Å². The van der Waals surface area contributed by atoms with Crippen LogP contribution < -0.4 is 0 Å². The Labute approximate surface area is 244 Å². The molecule has 2 aliphatic heterocycles. The van der Waals surface area contributed by atoms with Crippen molar-refractivity contribution in [2.75, 3.05) is 6.54 Å². The average Bonchev–Trinajstić information content (AvgIpc) is 3.13. The first-order valence-electron chi connectivity index (χ1n) is 14.4. The largest absolute Gasteiger partial charge is 0.507 e. The van der Waals surface area contributed by atoms with Gasteiger partial charge in [0.15, 0.2) is 0 Å². The average molecular weight is 616 g/mol. The Hall–Kier alpha value is -2.43. The van der Waals surface area contributed by atoms with E-state index in [9.17, 15) is 24.5 Å². The lowest BCUT2D eigenvalue weighted by Crippen LogP contribution is -2.46. The van der Waals surface area contributed by atoms with Gasteiger partial charge in [-0.2, -0.15) is 0 Å². The molecule has 0 saturated carbocycles. The molecule has 216 valence electrons. The van der Waals surface area contributed by atoms with Crippen molar-refractivity contribution in [1.29, 1.82) is 0 Å². The van der Waals surface area contributed by atoms with Crippen LogP contribution in [0.3, 0.4) is 0 Å². The SMILES string of the molecule is CCC/C(=C\c1cc(Br)ccc1O)CC[C@H]1OB(O)C[C@H]2C1=C(C)C[C@H]1C(=O)N(CCCCCC(=O)O)C(=O)[C@H]12. The number of benzene rings is 1. The number of carboxylic acid groups (broad SMARTS) is 1. The first kappa shape index (κ1) is 30.5. The van der Waals surface area contributed by atoms with Crippen molar-refractivity contribution >= 4 is 46.9 Å². The van der Waals surface area contributed by atoms with Gasteiger partial charge in [0.05, 0.1) is 17.9 Å². The number of hydrogen-bond donors (Lipinski definition) is 3. The van der Waals surface area contributed by atoms with Crippen LogP contribution in [0.4, 0.5) is 0 Å². The summed E-state index contributed by atoms with van der Waals surface area (Å²) in [5.74, 6) is -2.09. The van der Waals surface area contributed by atoms with Crippen molar-refractivity contribution in [2.24, 2.45) is 17.8 Å². The summed E-state index contributed by atoms with van der Waals surface area (Å²) < 4.78 is 6.94. The van der Waals surface area contributed by atoms with Crippen LogP contribution in [-0.2, 0) is 19.0 Å². The van der Waals surface area contributed by atoms with Gasteiger partial charge in [0.25, 0.3) is 0 Å². The van der Waals surface area contributed by atoms with Gasteiger partial charge in [0, 0.05) is 23.0 Å². The number of phenols is 1. The minimum absolute atomic E-state index is 0.0835. The summed E-state index contributed by atoms with van der Waals surface area (Å²) in [5, 5.41) is 29.9. The standard InChI is InChI=1S/C30H39BBrNO7/c1-3-7-19(15-20-16-21(32)10-11-24(20)34)9-12-25-27-18(2)14-22-28(23(27)17-31(39)40-25)30(38)33(29(22)37)13-6-4-5-8-26(35)36/h10-11,15-16,22-23,25,28,34,39H,3-9,12-14,17H2,1-2H3,(H,35,36)/b19-15+/t22-,23+,25-,28-/m1/s1. The molecule has 3 aliphatic rings. The second kappa shape index (κ2) is 13.5. The van der Waals surface area contributed by atoms with E-state index < -0.39 is 24.9 Å². The van der Waals surface area contributed by atoms with E-state index in [2.05, 4.69) is 22.9 Å². The molecule has 10 heteroatoms. The normalized spacial score (nSPS) is 24.9. The quantitative estimate of drug-likeness (QED) is 0.121. The first-order valence-corrected chi connectivity index (χ1v) is 15.2. The number of phenolic OH excluding ortho intramolecular Hbond substituents is 1. The highest BCUT2D eigenvalue weighted by molar-refractivity contribution is 9.10. The maximum absolute atomic E-state index is 13.5. The fraction of sp³-hybridized carbons (Fsp3) is 0.567. The fourth-order valence-electron chi connectivity index (χ4n) is 6.70. The van der Waals surface area contributed by atoms with E-state index in [4.69, 9.17) is 9.76 Å². The molecule has 2 amide bonds. The summed E-state index contributed by atoms with van der Waals surface area (Å²) in [6, 6.07) is 5.35. The zero-order chi connectivity index (χ0) is 29.0. The Balaban J connectivity index is 1.49. The van der Waals surface area contributed by atoms with Crippen molar-refractivity contribution in [3.05, 3.63) is 45.0 Å². The first-order chi connectivity index (χ1) is 19.1. The monoisotopic (exact) mass is 615 g/mol. The molecule has 0 bridgehead atoms. The number of aliphatic carboxylic acids is 1. The van der Waals surface area contributed by atoms with Crippen molar-refractivity contribution in [3.63, 3.8) is 0 Å². The van der Waals surface area contributed by atoms with Gasteiger partial charge in [-0.15, -0.1) is 0 Å². The number of likely N-dealkylation sites (tertiary alicyclic amines) is 1. The van der Waals surface area contributed by atoms with E-state index in [0.717, 1.165) is 34.0 Å². The number of aromatic hydroxyl groups is 1. The number of carbonyl (C=O) groups excluding carboxylic acids is 2. The Kier molecular flexibility index (Phi) is 10.3. The molecule has 4 rings (SSSR count). The molecular weight excluding hydrogens is 577 g/mol. The van der Waals surface area contributed by atoms with E-state index in [1.807, 2.05) is 19.1 Å². The number of carbonyl (C=O) groups is 3. The zero-order valence-electron chi connectivity index (χ0n) is 23.3. The Morgan fingerprint density at radius 3 is 2.65 bits per heavy atom. The number of rotatable bonds is 12. The van der Waals surface area contributed by atoms with Crippen LogP contribution in [0.5, 0.6) is 5.75 Å². The van der Waals surface area contributed by atoms with Gasteiger partial charge in [-0.05, 0) is 81.5 Å². The lowest BCUT2D eigenvalue weighted by Gasteiger charge is -2.42. The molecule has 2 saturated heterocycles. The second-order valence-electron chi connectivity index (χ2n) is 11.3. The third-order valence-electron chi connectivity index (χ3n) is 8.46. The molecule has 8 nitrogen and oxygen atoms in total. The number of fused-ring (bicyclic) bond motifs is 3. The van der Waals surface area contributed by atoms with E-state index in [-0.39, 0.29) is 36.0 Å². The fourth-order valence-corrected chi connectivity index (χ4v) is 7.08. The topological polar surface area (TPSA) is 124 Å². The maximum atomic E-state index is 13.5. The summed E-state index contributed by atoms with van der Waals surface area (Å²) >= 11 is 3.47. The molecule has 0 aromatic heterocycles. The molecule has 4 atom stereocenters. The molecule has 2 fully saturated rings. The Morgan fingerprint density at radius 1 is 1.15 bits per heavy atom. The summed E-state index contributed by atoms with van der Waals surface area (Å²) in [4.78, 5) is 39.0. The summed E-state index contributed by atoms with van der Waals surface area (Å²) in [6.45, 7) is 4.43.